The number of nitrogens with one attached hydrogen (secondary N) is 1. The third kappa shape index (κ3) is 4.27. The molecule has 2 N–H and O–H groups in total. The summed E-state index contributed by atoms with van der Waals surface area (Å²) in [4.78, 5) is 0. The maximum Gasteiger partial charge on any atom is 0.250 e. The highest BCUT2D eigenvalue weighted by Crippen LogP contribution is 2.28. The van der Waals surface area contributed by atoms with Crippen LogP contribution in [-0.2, 0) is 16.6 Å². The molecular formula is C13H21NO3S2. The fourth-order valence-corrected chi connectivity index (χ4v) is 4.86. The summed E-state index contributed by atoms with van der Waals surface area (Å²) < 4.78 is 26.9. The summed E-state index contributed by atoms with van der Waals surface area (Å²) in [5.41, 5.74) is 0.649. The van der Waals surface area contributed by atoms with Crippen molar-refractivity contribution >= 4 is 21.4 Å². The first-order chi connectivity index (χ1) is 9.12. The fourth-order valence-electron chi connectivity index (χ4n) is 2.54. The maximum absolute atomic E-state index is 12.0. The van der Waals surface area contributed by atoms with E-state index in [1.165, 1.54) is 31.7 Å². The zero-order valence-corrected chi connectivity index (χ0v) is 12.6. The van der Waals surface area contributed by atoms with Crippen LogP contribution in [0.25, 0.3) is 0 Å². The molecule has 0 spiro atoms. The van der Waals surface area contributed by atoms with E-state index in [9.17, 15) is 8.42 Å². The lowest BCUT2D eigenvalue weighted by atomic mass is 10.0. The predicted molar refractivity (Wildman–Crippen MR) is 76.6 cm³/mol. The van der Waals surface area contributed by atoms with Crippen LogP contribution in [0.15, 0.2) is 15.7 Å². The molecular weight excluding hydrogens is 282 g/mol. The van der Waals surface area contributed by atoms with E-state index >= 15 is 0 Å². The molecule has 0 atom stereocenters. The highest BCUT2D eigenvalue weighted by molar-refractivity contribution is 7.91. The molecule has 0 amide bonds. The smallest absolute Gasteiger partial charge is 0.250 e. The number of hydrogen-bond acceptors (Lipinski definition) is 4. The Balaban J connectivity index is 1.77. The summed E-state index contributed by atoms with van der Waals surface area (Å²) >= 11 is 1.15. The number of hydrogen-bond donors (Lipinski definition) is 2. The number of thiophene rings is 1. The van der Waals surface area contributed by atoms with Crippen LogP contribution in [0.4, 0.5) is 0 Å². The molecule has 6 heteroatoms. The van der Waals surface area contributed by atoms with Gasteiger partial charge in [0.05, 0.1) is 6.61 Å². The number of aliphatic hydroxyl groups excluding tert-OH is 1. The standard InChI is InChI=1S/C13H21NO3S2/c15-9-12-8-13(18-10-12)19(16,17)14-7-3-6-11-4-1-2-5-11/h8,10-11,14-15H,1-7,9H2. The van der Waals surface area contributed by atoms with Gasteiger partial charge in [-0.3, -0.25) is 0 Å². The van der Waals surface area contributed by atoms with E-state index in [1.807, 2.05) is 0 Å². The maximum atomic E-state index is 12.0. The SMILES string of the molecule is O=S(=O)(NCCCC1CCCC1)c1cc(CO)cs1. The molecule has 1 aromatic rings. The first-order valence-electron chi connectivity index (χ1n) is 6.80. The predicted octanol–water partition coefficient (Wildman–Crippen LogP) is 2.49. The van der Waals surface area contributed by atoms with E-state index in [-0.39, 0.29) is 10.8 Å². The van der Waals surface area contributed by atoms with Gasteiger partial charge in [-0.1, -0.05) is 25.7 Å². The molecule has 0 unspecified atom stereocenters. The Hall–Kier alpha value is -0.430. The molecule has 0 aliphatic heterocycles. The summed E-state index contributed by atoms with van der Waals surface area (Å²) in [6.45, 7) is 0.388. The zero-order chi connectivity index (χ0) is 13.7. The Morgan fingerprint density at radius 1 is 1.37 bits per heavy atom. The first kappa shape index (κ1) is 15.0. The molecule has 108 valence electrons. The van der Waals surface area contributed by atoms with E-state index < -0.39 is 10.0 Å². The van der Waals surface area contributed by atoms with Gasteiger partial charge >= 0.3 is 0 Å². The van der Waals surface area contributed by atoms with Crippen molar-refractivity contribution in [2.75, 3.05) is 6.54 Å². The van der Waals surface area contributed by atoms with E-state index in [1.54, 1.807) is 5.38 Å². The van der Waals surface area contributed by atoms with E-state index in [0.29, 0.717) is 12.1 Å². The molecule has 2 rings (SSSR count). The molecule has 1 aliphatic carbocycles. The van der Waals surface area contributed by atoms with Crippen molar-refractivity contribution in [3.8, 4) is 0 Å². The lowest BCUT2D eigenvalue weighted by Gasteiger charge is -2.09. The van der Waals surface area contributed by atoms with Crippen LogP contribution in [0.2, 0.25) is 0 Å². The quantitative estimate of drug-likeness (QED) is 0.761. The number of sulfonamides is 1. The molecule has 0 aromatic carbocycles. The highest BCUT2D eigenvalue weighted by atomic mass is 32.2. The molecule has 1 saturated carbocycles. The number of rotatable bonds is 7. The highest BCUT2D eigenvalue weighted by Gasteiger charge is 2.17. The zero-order valence-electron chi connectivity index (χ0n) is 11.0. The van der Waals surface area contributed by atoms with Gasteiger partial charge in [-0.2, -0.15) is 0 Å². The minimum atomic E-state index is -3.39. The summed E-state index contributed by atoms with van der Waals surface area (Å²) in [6.07, 6.45) is 7.29. The second-order valence-corrected chi connectivity index (χ2v) is 8.03. The van der Waals surface area contributed by atoms with Gasteiger partial charge in [0, 0.05) is 6.54 Å². The van der Waals surface area contributed by atoms with Crippen molar-refractivity contribution in [2.24, 2.45) is 5.92 Å². The summed E-state index contributed by atoms with van der Waals surface area (Å²) in [6, 6.07) is 1.53. The molecule has 0 saturated heterocycles. The molecule has 0 radical (unpaired) electrons. The molecule has 1 aromatic heterocycles. The van der Waals surface area contributed by atoms with Gasteiger partial charge in [0.1, 0.15) is 4.21 Å². The molecule has 19 heavy (non-hydrogen) atoms. The lowest BCUT2D eigenvalue weighted by molar-refractivity contribution is 0.282. The third-order valence-corrected chi connectivity index (χ3v) is 6.58. The van der Waals surface area contributed by atoms with Crippen LogP contribution in [0.3, 0.4) is 0 Å². The molecule has 1 fully saturated rings. The van der Waals surface area contributed by atoms with Crippen molar-refractivity contribution in [2.45, 2.75) is 49.3 Å². The topological polar surface area (TPSA) is 66.4 Å². The number of aliphatic hydroxyl groups is 1. The fraction of sp³-hybridized carbons (Fsp3) is 0.692. The van der Waals surface area contributed by atoms with Crippen LogP contribution in [0.5, 0.6) is 0 Å². The van der Waals surface area contributed by atoms with E-state index in [2.05, 4.69) is 4.72 Å². The van der Waals surface area contributed by atoms with Gasteiger partial charge < -0.3 is 5.11 Å². The molecule has 1 heterocycles. The van der Waals surface area contributed by atoms with Crippen LogP contribution in [0, 0.1) is 5.92 Å². The summed E-state index contributed by atoms with van der Waals surface area (Å²) in [5, 5.41) is 10.6. The Morgan fingerprint density at radius 3 is 2.74 bits per heavy atom. The van der Waals surface area contributed by atoms with Crippen molar-refractivity contribution < 1.29 is 13.5 Å². The lowest BCUT2D eigenvalue weighted by Crippen LogP contribution is -2.24. The van der Waals surface area contributed by atoms with Crippen LogP contribution in [-0.4, -0.2) is 20.1 Å². The van der Waals surface area contributed by atoms with Crippen molar-refractivity contribution in [1.29, 1.82) is 0 Å². The second kappa shape index (κ2) is 6.83. The Morgan fingerprint density at radius 2 is 2.11 bits per heavy atom. The average Bonchev–Trinajstić information content (AvgIpc) is 3.05. The molecule has 0 bridgehead atoms. The Bertz CT molecular complexity index is 490. The van der Waals surface area contributed by atoms with Gasteiger partial charge in [-0.15, -0.1) is 11.3 Å². The minimum Gasteiger partial charge on any atom is -0.392 e. The molecule has 1 aliphatic rings. The first-order valence-corrected chi connectivity index (χ1v) is 9.16. The van der Waals surface area contributed by atoms with Gasteiger partial charge in [0.2, 0.25) is 10.0 Å². The van der Waals surface area contributed by atoms with Crippen LogP contribution < -0.4 is 4.72 Å². The molecule has 4 nitrogen and oxygen atoms in total. The van der Waals surface area contributed by atoms with Crippen molar-refractivity contribution in [3.63, 3.8) is 0 Å². The Kier molecular flexibility index (Phi) is 5.38. The van der Waals surface area contributed by atoms with Crippen molar-refractivity contribution in [1.82, 2.24) is 4.72 Å². The van der Waals surface area contributed by atoms with Gasteiger partial charge in [0.25, 0.3) is 0 Å². The van der Waals surface area contributed by atoms with Crippen molar-refractivity contribution in [3.05, 3.63) is 17.0 Å². The van der Waals surface area contributed by atoms with Crippen LogP contribution in [0.1, 0.15) is 44.1 Å². The largest absolute Gasteiger partial charge is 0.392 e. The monoisotopic (exact) mass is 303 g/mol. The minimum absolute atomic E-state index is 0.117. The van der Waals surface area contributed by atoms with Gasteiger partial charge in [-0.25, -0.2) is 13.1 Å². The second-order valence-electron chi connectivity index (χ2n) is 5.12. The third-order valence-electron chi connectivity index (χ3n) is 3.63. The van der Waals surface area contributed by atoms with E-state index in [0.717, 1.165) is 30.1 Å². The summed E-state index contributed by atoms with van der Waals surface area (Å²) in [7, 11) is -3.39. The normalized spacial score (nSPS) is 17.1. The van der Waals surface area contributed by atoms with E-state index in [4.69, 9.17) is 5.11 Å². The summed E-state index contributed by atoms with van der Waals surface area (Å²) in [5.74, 6) is 0.798. The van der Waals surface area contributed by atoms with Gasteiger partial charge in [-0.05, 0) is 35.8 Å². The average molecular weight is 303 g/mol. The van der Waals surface area contributed by atoms with Crippen LogP contribution >= 0.6 is 11.3 Å². The Labute approximate surface area is 118 Å². The van der Waals surface area contributed by atoms with Gasteiger partial charge in [0.15, 0.2) is 0 Å².